The van der Waals surface area contributed by atoms with Crippen LogP contribution in [-0.2, 0) is 4.74 Å². The maximum absolute atomic E-state index is 6.37. The average molecular weight is 264 g/mol. The van der Waals surface area contributed by atoms with Gasteiger partial charge in [-0.2, -0.15) is 0 Å². The van der Waals surface area contributed by atoms with Crippen LogP contribution >= 0.6 is 0 Å². The zero-order chi connectivity index (χ0) is 13.7. The Hall–Kier alpha value is -1.10. The number of methoxy groups -OCH3 is 1. The fourth-order valence-corrected chi connectivity index (χ4v) is 2.61. The SMILES string of the molecule is CCCN1CCOC(C(N)c2ccccc2OC)C1. The van der Waals surface area contributed by atoms with Gasteiger partial charge in [-0.1, -0.05) is 25.1 Å². The highest BCUT2D eigenvalue weighted by Crippen LogP contribution is 2.27. The van der Waals surface area contributed by atoms with Gasteiger partial charge in [0.15, 0.2) is 0 Å². The van der Waals surface area contributed by atoms with E-state index in [1.54, 1.807) is 7.11 Å². The van der Waals surface area contributed by atoms with Crippen molar-refractivity contribution in [1.29, 1.82) is 0 Å². The Morgan fingerprint density at radius 1 is 1.47 bits per heavy atom. The van der Waals surface area contributed by atoms with Gasteiger partial charge in [0.2, 0.25) is 0 Å². The number of benzene rings is 1. The Kier molecular flexibility index (Phi) is 5.19. The monoisotopic (exact) mass is 264 g/mol. The number of hydrogen-bond acceptors (Lipinski definition) is 4. The van der Waals surface area contributed by atoms with Gasteiger partial charge < -0.3 is 15.2 Å². The first-order valence-electron chi connectivity index (χ1n) is 6.98. The highest BCUT2D eigenvalue weighted by molar-refractivity contribution is 5.36. The third-order valence-electron chi connectivity index (χ3n) is 3.62. The minimum atomic E-state index is -0.143. The number of morpholine rings is 1. The third-order valence-corrected chi connectivity index (χ3v) is 3.62. The molecule has 2 atom stereocenters. The number of rotatable bonds is 5. The lowest BCUT2D eigenvalue weighted by molar-refractivity contribution is -0.0410. The van der Waals surface area contributed by atoms with E-state index in [0.717, 1.165) is 44.0 Å². The molecule has 0 aromatic heterocycles. The summed E-state index contributed by atoms with van der Waals surface area (Å²) in [4.78, 5) is 2.42. The smallest absolute Gasteiger partial charge is 0.123 e. The number of hydrogen-bond donors (Lipinski definition) is 1. The van der Waals surface area contributed by atoms with Crippen LogP contribution in [0.5, 0.6) is 5.75 Å². The van der Waals surface area contributed by atoms with Gasteiger partial charge in [0.05, 0.1) is 25.9 Å². The molecule has 0 radical (unpaired) electrons. The van der Waals surface area contributed by atoms with E-state index in [4.69, 9.17) is 15.2 Å². The quantitative estimate of drug-likeness (QED) is 0.881. The van der Waals surface area contributed by atoms with E-state index in [9.17, 15) is 0 Å². The van der Waals surface area contributed by atoms with E-state index in [1.165, 1.54) is 0 Å². The summed E-state index contributed by atoms with van der Waals surface area (Å²) in [6.07, 6.45) is 1.20. The van der Waals surface area contributed by atoms with Crippen molar-refractivity contribution in [2.45, 2.75) is 25.5 Å². The van der Waals surface area contributed by atoms with Crippen molar-refractivity contribution in [1.82, 2.24) is 4.90 Å². The summed E-state index contributed by atoms with van der Waals surface area (Å²) in [5.74, 6) is 0.839. The topological polar surface area (TPSA) is 47.7 Å². The van der Waals surface area contributed by atoms with Crippen LogP contribution in [0.2, 0.25) is 0 Å². The highest BCUT2D eigenvalue weighted by atomic mass is 16.5. The van der Waals surface area contributed by atoms with Crippen LogP contribution < -0.4 is 10.5 Å². The molecule has 4 heteroatoms. The molecule has 106 valence electrons. The van der Waals surface area contributed by atoms with Gasteiger partial charge in [0, 0.05) is 18.7 Å². The predicted molar refractivity (Wildman–Crippen MR) is 76.4 cm³/mol. The zero-order valence-electron chi connectivity index (χ0n) is 11.8. The molecule has 0 amide bonds. The van der Waals surface area contributed by atoms with Crippen molar-refractivity contribution in [2.75, 3.05) is 33.4 Å². The summed E-state index contributed by atoms with van der Waals surface area (Å²) in [6, 6.07) is 7.77. The van der Waals surface area contributed by atoms with Gasteiger partial charge in [0.25, 0.3) is 0 Å². The van der Waals surface area contributed by atoms with Gasteiger partial charge in [0.1, 0.15) is 5.75 Å². The molecule has 1 aliphatic rings. The summed E-state index contributed by atoms with van der Waals surface area (Å²) in [5.41, 5.74) is 7.39. The summed E-state index contributed by atoms with van der Waals surface area (Å²) < 4.78 is 11.2. The molecule has 19 heavy (non-hydrogen) atoms. The van der Waals surface area contributed by atoms with E-state index < -0.39 is 0 Å². The second kappa shape index (κ2) is 6.89. The lowest BCUT2D eigenvalue weighted by Gasteiger charge is -2.36. The van der Waals surface area contributed by atoms with Crippen molar-refractivity contribution in [3.05, 3.63) is 29.8 Å². The highest BCUT2D eigenvalue weighted by Gasteiger charge is 2.27. The van der Waals surface area contributed by atoms with Gasteiger partial charge in [-0.25, -0.2) is 0 Å². The van der Waals surface area contributed by atoms with Crippen LogP contribution in [0.3, 0.4) is 0 Å². The summed E-state index contributed by atoms with van der Waals surface area (Å²) in [7, 11) is 1.68. The Balaban J connectivity index is 2.07. The Labute approximate surface area is 115 Å². The summed E-state index contributed by atoms with van der Waals surface area (Å²) in [5, 5.41) is 0. The van der Waals surface area contributed by atoms with Crippen LogP contribution in [0.1, 0.15) is 24.9 Å². The maximum atomic E-state index is 6.37. The van der Waals surface area contributed by atoms with E-state index in [2.05, 4.69) is 11.8 Å². The summed E-state index contributed by atoms with van der Waals surface area (Å²) in [6.45, 7) is 5.96. The zero-order valence-corrected chi connectivity index (χ0v) is 11.8. The standard InChI is InChI=1S/C15H24N2O2/c1-3-8-17-9-10-19-14(11-17)15(16)12-6-4-5-7-13(12)18-2/h4-7,14-15H,3,8-11,16H2,1-2H3. The van der Waals surface area contributed by atoms with E-state index in [0.29, 0.717) is 0 Å². The second-order valence-electron chi connectivity index (χ2n) is 4.98. The molecule has 1 aromatic rings. The van der Waals surface area contributed by atoms with Crippen LogP contribution in [-0.4, -0.2) is 44.4 Å². The van der Waals surface area contributed by atoms with Crippen molar-refractivity contribution in [3.8, 4) is 5.75 Å². The van der Waals surface area contributed by atoms with Crippen molar-refractivity contribution in [2.24, 2.45) is 5.73 Å². The van der Waals surface area contributed by atoms with Crippen LogP contribution in [0.15, 0.2) is 24.3 Å². The minimum Gasteiger partial charge on any atom is -0.496 e. The van der Waals surface area contributed by atoms with Gasteiger partial charge >= 0.3 is 0 Å². The molecule has 2 rings (SSSR count). The van der Waals surface area contributed by atoms with Crippen LogP contribution in [0.25, 0.3) is 0 Å². The fraction of sp³-hybridized carbons (Fsp3) is 0.600. The molecule has 2 unspecified atom stereocenters. The van der Waals surface area contributed by atoms with Crippen molar-refractivity contribution >= 4 is 0 Å². The largest absolute Gasteiger partial charge is 0.496 e. The van der Waals surface area contributed by atoms with Gasteiger partial charge in [-0.15, -0.1) is 0 Å². The molecule has 2 N–H and O–H groups in total. The van der Waals surface area contributed by atoms with E-state index in [-0.39, 0.29) is 12.1 Å². The minimum absolute atomic E-state index is 0.0385. The number of nitrogens with zero attached hydrogens (tertiary/aromatic N) is 1. The first kappa shape index (κ1) is 14.3. The first-order chi connectivity index (χ1) is 9.26. The molecule has 1 heterocycles. The first-order valence-corrected chi connectivity index (χ1v) is 6.98. The molecule has 4 nitrogen and oxygen atoms in total. The Morgan fingerprint density at radius 3 is 3.00 bits per heavy atom. The molecule has 1 aliphatic heterocycles. The van der Waals surface area contributed by atoms with Crippen LogP contribution in [0.4, 0.5) is 0 Å². The van der Waals surface area contributed by atoms with Crippen LogP contribution in [0, 0.1) is 0 Å². The van der Waals surface area contributed by atoms with Gasteiger partial charge in [-0.05, 0) is 19.0 Å². The normalized spacial score (nSPS) is 22.2. The lowest BCUT2D eigenvalue weighted by atomic mass is 10.00. The van der Waals surface area contributed by atoms with Crippen molar-refractivity contribution in [3.63, 3.8) is 0 Å². The average Bonchev–Trinajstić information content (AvgIpc) is 2.47. The Morgan fingerprint density at radius 2 is 2.26 bits per heavy atom. The molecule has 1 saturated heterocycles. The molecule has 0 aliphatic carbocycles. The fourth-order valence-electron chi connectivity index (χ4n) is 2.61. The molecule has 1 fully saturated rings. The van der Waals surface area contributed by atoms with E-state index in [1.807, 2.05) is 24.3 Å². The molecular weight excluding hydrogens is 240 g/mol. The lowest BCUT2D eigenvalue weighted by Crippen LogP contribution is -2.47. The van der Waals surface area contributed by atoms with Crippen molar-refractivity contribution < 1.29 is 9.47 Å². The van der Waals surface area contributed by atoms with Gasteiger partial charge in [-0.3, -0.25) is 4.90 Å². The summed E-state index contributed by atoms with van der Waals surface area (Å²) >= 11 is 0. The molecule has 0 bridgehead atoms. The molecule has 0 saturated carbocycles. The number of para-hydroxylation sites is 1. The predicted octanol–water partition coefficient (Wildman–Crippen LogP) is 1.81. The molecular formula is C15H24N2O2. The van der Waals surface area contributed by atoms with E-state index >= 15 is 0 Å². The molecule has 0 spiro atoms. The number of nitrogens with two attached hydrogens (primary N) is 1. The maximum Gasteiger partial charge on any atom is 0.123 e. The number of ether oxygens (including phenoxy) is 2. The third kappa shape index (κ3) is 3.47. The Bertz CT molecular complexity index is 395. The molecule has 1 aromatic carbocycles. The second-order valence-corrected chi connectivity index (χ2v) is 4.98.